The lowest BCUT2D eigenvalue weighted by Crippen LogP contribution is -2.29. The second-order valence-corrected chi connectivity index (χ2v) is 4.37. The molecule has 0 fully saturated rings. The van der Waals surface area contributed by atoms with Crippen LogP contribution in [0.1, 0.15) is 37.5 Å². The molecule has 0 radical (unpaired) electrons. The molecule has 14 heavy (non-hydrogen) atoms. The van der Waals surface area contributed by atoms with Crippen LogP contribution in [0.4, 0.5) is 0 Å². The Morgan fingerprint density at radius 2 is 1.93 bits per heavy atom. The van der Waals surface area contributed by atoms with Crippen LogP contribution in [0.2, 0.25) is 0 Å². The molecule has 3 N–H and O–H groups in total. The maximum atomic E-state index is 9.64. The van der Waals surface area contributed by atoms with Gasteiger partial charge in [-0.15, -0.1) is 0 Å². The first kappa shape index (κ1) is 11.1. The van der Waals surface area contributed by atoms with Gasteiger partial charge in [-0.05, 0) is 49.9 Å². The second-order valence-electron chi connectivity index (χ2n) is 4.37. The molecule has 2 nitrogen and oxygen atoms in total. The molecular weight excluding hydrogens is 174 g/mol. The van der Waals surface area contributed by atoms with Crippen LogP contribution in [0.25, 0.3) is 0 Å². The first-order valence-electron chi connectivity index (χ1n) is 4.98. The summed E-state index contributed by atoms with van der Waals surface area (Å²) in [6.07, 6.45) is 0.829. The average molecular weight is 193 g/mol. The molecule has 78 valence electrons. The summed E-state index contributed by atoms with van der Waals surface area (Å²) in [5, 5.41) is 9.64. The monoisotopic (exact) mass is 193 g/mol. The van der Waals surface area contributed by atoms with Crippen molar-refractivity contribution in [1.29, 1.82) is 0 Å². The normalized spacial score (nSPS) is 11.8. The lowest BCUT2D eigenvalue weighted by atomic mass is 9.89. The molecule has 0 atom stereocenters. The van der Waals surface area contributed by atoms with Crippen LogP contribution in [0.3, 0.4) is 0 Å². The Labute approximate surface area is 85.8 Å². The summed E-state index contributed by atoms with van der Waals surface area (Å²) < 4.78 is 0. The smallest absolute Gasteiger partial charge is 0.119 e. The third-order valence-electron chi connectivity index (χ3n) is 2.50. The van der Waals surface area contributed by atoms with Gasteiger partial charge in [0, 0.05) is 5.54 Å². The van der Waals surface area contributed by atoms with Crippen LogP contribution < -0.4 is 5.73 Å². The molecule has 0 aliphatic heterocycles. The molecule has 0 heterocycles. The van der Waals surface area contributed by atoms with Crippen LogP contribution in [0.5, 0.6) is 5.75 Å². The topological polar surface area (TPSA) is 46.2 Å². The van der Waals surface area contributed by atoms with Crippen LogP contribution in [0.15, 0.2) is 12.1 Å². The van der Waals surface area contributed by atoms with Crippen LogP contribution in [-0.2, 0) is 12.0 Å². The first-order chi connectivity index (χ1) is 6.36. The number of hydrogen-bond acceptors (Lipinski definition) is 2. The Morgan fingerprint density at radius 1 is 1.36 bits per heavy atom. The average Bonchev–Trinajstić information content (AvgIpc) is 2.02. The van der Waals surface area contributed by atoms with Gasteiger partial charge in [-0.3, -0.25) is 0 Å². The van der Waals surface area contributed by atoms with Crippen molar-refractivity contribution in [1.82, 2.24) is 0 Å². The summed E-state index contributed by atoms with van der Waals surface area (Å²) in [6, 6.07) is 3.80. The summed E-state index contributed by atoms with van der Waals surface area (Å²) in [5.74, 6) is 0.373. The van der Waals surface area contributed by atoms with E-state index in [0.717, 1.165) is 23.1 Å². The minimum Gasteiger partial charge on any atom is -0.508 e. The largest absolute Gasteiger partial charge is 0.508 e. The standard InChI is InChI=1S/C12H19NO/c1-5-9-7-10(12(3,4)13)8(2)6-11(9)14/h6-7,14H,5,13H2,1-4H3. The molecule has 0 aliphatic carbocycles. The van der Waals surface area contributed by atoms with Crippen LogP contribution in [-0.4, -0.2) is 5.11 Å². The zero-order valence-electron chi connectivity index (χ0n) is 9.39. The van der Waals surface area contributed by atoms with E-state index in [9.17, 15) is 5.11 Å². The van der Waals surface area contributed by atoms with Gasteiger partial charge in [0.2, 0.25) is 0 Å². The molecule has 0 spiro atoms. The summed E-state index contributed by atoms with van der Waals surface area (Å²) in [6.45, 7) is 7.96. The Balaban J connectivity index is 3.32. The van der Waals surface area contributed by atoms with E-state index in [1.807, 2.05) is 33.8 Å². The predicted octanol–water partition coefficient (Wildman–Crippen LogP) is 2.46. The molecule has 0 saturated heterocycles. The molecule has 0 amide bonds. The summed E-state index contributed by atoms with van der Waals surface area (Å²) in [4.78, 5) is 0. The first-order valence-corrected chi connectivity index (χ1v) is 4.98. The minimum atomic E-state index is -0.346. The van der Waals surface area contributed by atoms with Gasteiger partial charge in [-0.1, -0.05) is 13.0 Å². The highest BCUT2D eigenvalue weighted by Gasteiger charge is 2.18. The molecule has 0 aromatic heterocycles. The van der Waals surface area contributed by atoms with Crippen molar-refractivity contribution >= 4 is 0 Å². The Morgan fingerprint density at radius 3 is 2.36 bits per heavy atom. The molecule has 0 unspecified atom stereocenters. The van der Waals surface area contributed by atoms with E-state index in [-0.39, 0.29) is 5.54 Å². The Bertz CT molecular complexity index is 337. The number of aryl methyl sites for hydroxylation is 2. The molecule has 0 saturated carbocycles. The fourth-order valence-electron chi connectivity index (χ4n) is 1.71. The maximum absolute atomic E-state index is 9.64. The van der Waals surface area contributed by atoms with Gasteiger partial charge in [0.15, 0.2) is 0 Å². The molecule has 0 bridgehead atoms. The van der Waals surface area contributed by atoms with Crippen molar-refractivity contribution in [2.45, 2.75) is 39.7 Å². The quantitative estimate of drug-likeness (QED) is 0.758. The summed E-state index contributed by atoms with van der Waals surface area (Å²) in [5.41, 5.74) is 8.82. The molecule has 0 aliphatic rings. The van der Waals surface area contributed by atoms with Crippen molar-refractivity contribution in [3.8, 4) is 5.75 Å². The van der Waals surface area contributed by atoms with Gasteiger partial charge < -0.3 is 10.8 Å². The van der Waals surface area contributed by atoms with E-state index in [2.05, 4.69) is 0 Å². The van der Waals surface area contributed by atoms with Gasteiger partial charge >= 0.3 is 0 Å². The van der Waals surface area contributed by atoms with E-state index in [1.54, 1.807) is 6.07 Å². The van der Waals surface area contributed by atoms with E-state index in [0.29, 0.717) is 5.75 Å². The SMILES string of the molecule is CCc1cc(C(C)(C)N)c(C)cc1O. The minimum absolute atomic E-state index is 0.346. The third kappa shape index (κ3) is 2.07. The predicted molar refractivity (Wildman–Crippen MR) is 59.4 cm³/mol. The summed E-state index contributed by atoms with van der Waals surface area (Å²) in [7, 11) is 0. The zero-order chi connectivity index (χ0) is 10.9. The van der Waals surface area contributed by atoms with Gasteiger partial charge in [0.05, 0.1) is 0 Å². The van der Waals surface area contributed by atoms with Gasteiger partial charge in [0.25, 0.3) is 0 Å². The lowest BCUT2D eigenvalue weighted by molar-refractivity contribution is 0.466. The fraction of sp³-hybridized carbons (Fsp3) is 0.500. The number of phenols is 1. The van der Waals surface area contributed by atoms with Crippen molar-refractivity contribution < 1.29 is 5.11 Å². The number of rotatable bonds is 2. The Hall–Kier alpha value is -1.02. The molecule has 1 rings (SSSR count). The highest BCUT2D eigenvalue weighted by atomic mass is 16.3. The molecule has 1 aromatic rings. The van der Waals surface area contributed by atoms with Gasteiger partial charge in [-0.2, -0.15) is 0 Å². The van der Waals surface area contributed by atoms with E-state index >= 15 is 0 Å². The van der Waals surface area contributed by atoms with Crippen molar-refractivity contribution in [2.75, 3.05) is 0 Å². The van der Waals surface area contributed by atoms with Crippen molar-refractivity contribution in [3.05, 3.63) is 28.8 Å². The lowest BCUT2D eigenvalue weighted by Gasteiger charge is -2.23. The van der Waals surface area contributed by atoms with E-state index < -0.39 is 0 Å². The van der Waals surface area contributed by atoms with Crippen molar-refractivity contribution in [2.24, 2.45) is 5.73 Å². The second kappa shape index (κ2) is 3.62. The molecule has 1 aromatic carbocycles. The van der Waals surface area contributed by atoms with E-state index in [1.165, 1.54) is 0 Å². The van der Waals surface area contributed by atoms with Gasteiger partial charge in [-0.25, -0.2) is 0 Å². The number of aromatic hydroxyl groups is 1. The zero-order valence-corrected chi connectivity index (χ0v) is 9.39. The highest BCUT2D eigenvalue weighted by molar-refractivity contribution is 5.43. The van der Waals surface area contributed by atoms with Crippen LogP contribution >= 0.6 is 0 Å². The number of hydrogen-bond donors (Lipinski definition) is 2. The van der Waals surface area contributed by atoms with Crippen molar-refractivity contribution in [3.63, 3.8) is 0 Å². The van der Waals surface area contributed by atoms with Crippen LogP contribution in [0, 0.1) is 6.92 Å². The number of phenolic OH excluding ortho intramolecular Hbond substituents is 1. The highest BCUT2D eigenvalue weighted by Crippen LogP contribution is 2.28. The fourth-order valence-corrected chi connectivity index (χ4v) is 1.71. The molecular formula is C12H19NO. The number of nitrogens with two attached hydrogens (primary N) is 1. The third-order valence-corrected chi connectivity index (χ3v) is 2.50. The number of benzene rings is 1. The van der Waals surface area contributed by atoms with Gasteiger partial charge in [0.1, 0.15) is 5.75 Å². The van der Waals surface area contributed by atoms with E-state index in [4.69, 9.17) is 5.73 Å². The summed E-state index contributed by atoms with van der Waals surface area (Å²) >= 11 is 0. The molecule has 2 heteroatoms. The maximum Gasteiger partial charge on any atom is 0.119 e. The Kier molecular flexibility index (Phi) is 2.86.